The molecule has 1 unspecified atom stereocenters. The van der Waals surface area contributed by atoms with Crippen LogP contribution in [-0.4, -0.2) is 44.2 Å². The molecule has 0 radical (unpaired) electrons. The molecular formula is C23H21F2N7O3. The third-order valence-electron chi connectivity index (χ3n) is 5.00. The van der Waals surface area contributed by atoms with Gasteiger partial charge in [-0.1, -0.05) is 6.07 Å². The van der Waals surface area contributed by atoms with E-state index in [1.807, 2.05) is 0 Å². The van der Waals surface area contributed by atoms with Crippen molar-refractivity contribution in [2.24, 2.45) is 0 Å². The standard InChI is InChI=1S/C23H21F2N7O3/c1-12(33)13-4-5-18(27-8-13)31-19-6-15(28-11-29-19)14-9-26-10-30-23(14)32-22-20(24)16(34-2)7-17(35-3)21(22)25/h4-12,33H,1-3H3,(H,26,30,32)(H,27,28,29,31). The normalized spacial score (nSPS) is 11.6. The molecule has 0 saturated heterocycles. The molecule has 4 rings (SSSR count). The van der Waals surface area contributed by atoms with Crippen LogP contribution in [0.15, 0.2) is 49.3 Å². The number of ether oxygens (including phenoxy) is 2. The summed E-state index contributed by atoms with van der Waals surface area (Å²) in [7, 11) is 2.52. The van der Waals surface area contributed by atoms with Crippen LogP contribution in [0.25, 0.3) is 11.3 Å². The summed E-state index contributed by atoms with van der Waals surface area (Å²) in [5.74, 6) is -1.32. The number of halogens is 2. The summed E-state index contributed by atoms with van der Waals surface area (Å²) < 4.78 is 39.7. The van der Waals surface area contributed by atoms with Crippen LogP contribution in [0.1, 0.15) is 18.6 Å². The summed E-state index contributed by atoms with van der Waals surface area (Å²) in [6.45, 7) is 1.65. The van der Waals surface area contributed by atoms with Crippen LogP contribution >= 0.6 is 0 Å². The number of nitrogens with zero attached hydrogens (tertiary/aromatic N) is 5. The highest BCUT2D eigenvalue weighted by molar-refractivity contribution is 5.78. The number of rotatable bonds is 8. The molecule has 0 aliphatic rings. The van der Waals surface area contributed by atoms with Gasteiger partial charge in [-0.3, -0.25) is 0 Å². The summed E-state index contributed by atoms with van der Waals surface area (Å²) in [5.41, 5.74) is 0.901. The topological polar surface area (TPSA) is 127 Å². The first-order valence-corrected chi connectivity index (χ1v) is 10.3. The molecule has 0 bridgehead atoms. The highest BCUT2D eigenvalue weighted by Gasteiger charge is 2.22. The third-order valence-corrected chi connectivity index (χ3v) is 5.00. The van der Waals surface area contributed by atoms with E-state index in [2.05, 4.69) is 35.6 Å². The van der Waals surface area contributed by atoms with Gasteiger partial charge in [0, 0.05) is 24.5 Å². The molecule has 1 aromatic carbocycles. The van der Waals surface area contributed by atoms with Crippen LogP contribution in [0.5, 0.6) is 11.5 Å². The monoisotopic (exact) mass is 481 g/mol. The second-order valence-corrected chi connectivity index (χ2v) is 7.26. The van der Waals surface area contributed by atoms with Gasteiger partial charge in [-0.2, -0.15) is 0 Å². The molecule has 3 heterocycles. The fourth-order valence-corrected chi connectivity index (χ4v) is 3.16. The predicted molar refractivity (Wildman–Crippen MR) is 124 cm³/mol. The molecule has 3 N–H and O–H groups in total. The number of hydrogen-bond acceptors (Lipinski definition) is 10. The van der Waals surface area contributed by atoms with Crippen LogP contribution in [0.2, 0.25) is 0 Å². The van der Waals surface area contributed by atoms with E-state index in [-0.39, 0.29) is 17.3 Å². The maximum absolute atomic E-state index is 14.9. The second-order valence-electron chi connectivity index (χ2n) is 7.26. The maximum Gasteiger partial charge on any atom is 0.191 e. The third kappa shape index (κ3) is 5.06. The lowest BCUT2D eigenvalue weighted by Gasteiger charge is -2.15. The zero-order valence-corrected chi connectivity index (χ0v) is 19.0. The highest BCUT2D eigenvalue weighted by atomic mass is 19.1. The van der Waals surface area contributed by atoms with Crippen LogP contribution in [0.4, 0.5) is 31.9 Å². The average molecular weight is 481 g/mol. The Balaban J connectivity index is 1.67. The molecular weight excluding hydrogens is 460 g/mol. The highest BCUT2D eigenvalue weighted by Crippen LogP contribution is 2.37. The van der Waals surface area contributed by atoms with Gasteiger partial charge in [0.05, 0.1) is 31.6 Å². The van der Waals surface area contributed by atoms with Crippen LogP contribution < -0.4 is 20.1 Å². The van der Waals surface area contributed by atoms with E-state index in [0.29, 0.717) is 28.5 Å². The Morgan fingerprint density at radius 2 is 1.60 bits per heavy atom. The average Bonchev–Trinajstić information content (AvgIpc) is 2.87. The van der Waals surface area contributed by atoms with Crippen LogP contribution in [0.3, 0.4) is 0 Å². The van der Waals surface area contributed by atoms with Gasteiger partial charge in [0.2, 0.25) is 0 Å². The van der Waals surface area contributed by atoms with Crippen molar-refractivity contribution in [3.8, 4) is 22.8 Å². The van der Waals surface area contributed by atoms with Crippen LogP contribution in [0, 0.1) is 11.6 Å². The SMILES string of the molecule is COc1cc(OC)c(F)c(Nc2ncncc2-c2cc(Nc3ccc(C(C)O)cn3)ncn2)c1F. The number of anilines is 4. The minimum Gasteiger partial charge on any atom is -0.493 e. The fraction of sp³-hybridized carbons (Fsp3) is 0.174. The van der Waals surface area contributed by atoms with E-state index in [1.54, 1.807) is 31.3 Å². The number of benzene rings is 1. The smallest absolute Gasteiger partial charge is 0.191 e. The minimum absolute atomic E-state index is 0.0946. The molecule has 0 saturated carbocycles. The number of aliphatic hydroxyl groups is 1. The first-order chi connectivity index (χ1) is 16.9. The Kier molecular flexibility index (Phi) is 6.92. The van der Waals surface area contributed by atoms with Crippen molar-refractivity contribution in [2.45, 2.75) is 13.0 Å². The quantitative estimate of drug-likeness (QED) is 0.337. The summed E-state index contributed by atoms with van der Waals surface area (Å²) in [4.78, 5) is 20.8. The summed E-state index contributed by atoms with van der Waals surface area (Å²) >= 11 is 0. The molecule has 4 aromatic rings. The Hall–Kier alpha value is -4.45. The van der Waals surface area contributed by atoms with Gasteiger partial charge in [0.15, 0.2) is 23.1 Å². The Labute approximate surface area is 199 Å². The molecule has 35 heavy (non-hydrogen) atoms. The molecule has 0 aliphatic heterocycles. The molecule has 12 heteroatoms. The molecule has 10 nitrogen and oxygen atoms in total. The predicted octanol–water partition coefficient (Wildman–Crippen LogP) is 4.16. The van der Waals surface area contributed by atoms with Crippen molar-refractivity contribution in [3.05, 3.63) is 66.5 Å². The second kappa shape index (κ2) is 10.2. The summed E-state index contributed by atoms with van der Waals surface area (Å²) in [5, 5.41) is 15.3. The van der Waals surface area contributed by atoms with Crippen molar-refractivity contribution in [1.29, 1.82) is 0 Å². The molecule has 0 spiro atoms. The number of nitrogens with one attached hydrogen (secondary N) is 2. The molecule has 0 aliphatic carbocycles. The number of hydrogen-bond donors (Lipinski definition) is 3. The van der Waals surface area contributed by atoms with Crippen LogP contribution in [-0.2, 0) is 0 Å². The number of pyridine rings is 1. The lowest BCUT2D eigenvalue weighted by Crippen LogP contribution is -2.05. The van der Waals surface area contributed by atoms with Gasteiger partial charge in [0.25, 0.3) is 0 Å². The molecule has 1 atom stereocenters. The minimum atomic E-state index is -0.952. The lowest BCUT2D eigenvalue weighted by atomic mass is 10.2. The van der Waals surface area contributed by atoms with Gasteiger partial charge in [-0.15, -0.1) is 0 Å². The van der Waals surface area contributed by atoms with E-state index < -0.39 is 23.4 Å². The van der Waals surface area contributed by atoms with Crippen molar-refractivity contribution < 1.29 is 23.4 Å². The van der Waals surface area contributed by atoms with Gasteiger partial charge >= 0.3 is 0 Å². The van der Waals surface area contributed by atoms with E-state index in [0.717, 1.165) is 6.07 Å². The van der Waals surface area contributed by atoms with Crippen molar-refractivity contribution in [3.63, 3.8) is 0 Å². The Bertz CT molecular complexity index is 1310. The van der Waals surface area contributed by atoms with Crippen molar-refractivity contribution in [1.82, 2.24) is 24.9 Å². The summed E-state index contributed by atoms with van der Waals surface area (Å²) in [6.07, 6.45) is 4.91. The Morgan fingerprint density at radius 1 is 0.857 bits per heavy atom. The van der Waals surface area contributed by atoms with Gasteiger partial charge in [-0.05, 0) is 18.6 Å². The first kappa shape index (κ1) is 23.7. The summed E-state index contributed by atoms with van der Waals surface area (Å²) in [6, 6.07) is 6.15. The number of aliphatic hydroxyl groups excluding tert-OH is 1. The van der Waals surface area contributed by atoms with E-state index >= 15 is 0 Å². The molecule has 180 valence electrons. The van der Waals surface area contributed by atoms with Crippen molar-refractivity contribution >= 4 is 23.1 Å². The van der Waals surface area contributed by atoms with Gasteiger partial charge in [-0.25, -0.2) is 33.7 Å². The maximum atomic E-state index is 14.9. The zero-order valence-electron chi connectivity index (χ0n) is 19.0. The number of aromatic nitrogens is 5. The first-order valence-electron chi connectivity index (χ1n) is 10.3. The fourth-order valence-electron chi connectivity index (χ4n) is 3.16. The van der Waals surface area contributed by atoms with Gasteiger partial charge < -0.3 is 25.2 Å². The van der Waals surface area contributed by atoms with Crippen molar-refractivity contribution in [2.75, 3.05) is 24.9 Å². The zero-order chi connectivity index (χ0) is 24.9. The lowest BCUT2D eigenvalue weighted by molar-refractivity contribution is 0.199. The molecule has 0 amide bonds. The number of methoxy groups -OCH3 is 2. The molecule has 3 aromatic heterocycles. The molecule has 0 fully saturated rings. The largest absolute Gasteiger partial charge is 0.493 e. The van der Waals surface area contributed by atoms with E-state index in [4.69, 9.17) is 9.47 Å². The van der Waals surface area contributed by atoms with E-state index in [1.165, 1.54) is 33.1 Å². The van der Waals surface area contributed by atoms with Gasteiger partial charge in [0.1, 0.15) is 35.8 Å². The van der Waals surface area contributed by atoms with E-state index in [9.17, 15) is 13.9 Å². The Morgan fingerprint density at radius 3 is 2.23 bits per heavy atom.